The third-order valence-corrected chi connectivity index (χ3v) is 7.50. The molecule has 6 rings (SSSR count). The first-order chi connectivity index (χ1) is 17.5. The van der Waals surface area contributed by atoms with Crippen molar-refractivity contribution in [2.45, 2.75) is 32.9 Å². The lowest BCUT2D eigenvalue weighted by atomic mass is 9.83. The molecule has 3 aromatic carbocycles. The smallest absolute Gasteiger partial charge is 0.224 e. The number of ether oxygens (including phenoxy) is 1. The van der Waals surface area contributed by atoms with Crippen molar-refractivity contribution >= 4 is 23.2 Å². The van der Waals surface area contributed by atoms with Gasteiger partial charge in [0.1, 0.15) is 0 Å². The van der Waals surface area contributed by atoms with Crippen LogP contribution in [0.3, 0.4) is 0 Å². The average Bonchev–Trinajstić information content (AvgIpc) is 3.37. The highest BCUT2D eigenvalue weighted by Gasteiger charge is 2.39. The Bertz CT molecular complexity index is 1470. The molecule has 5 nitrogen and oxygen atoms in total. The number of aromatic nitrogens is 4. The Kier molecular flexibility index (Phi) is 5.82. The van der Waals surface area contributed by atoms with Gasteiger partial charge in [-0.1, -0.05) is 96.0 Å². The van der Waals surface area contributed by atoms with Crippen LogP contribution in [0, 0.1) is 13.8 Å². The zero-order chi connectivity index (χ0) is 24.8. The summed E-state index contributed by atoms with van der Waals surface area (Å²) in [6.07, 6.45) is 0. The number of fused-ring (bicyclic) bond motifs is 2. The minimum atomic E-state index is -0.205. The lowest BCUT2D eigenvalue weighted by Crippen LogP contribution is -2.16. The van der Waals surface area contributed by atoms with Gasteiger partial charge in [0, 0.05) is 17.0 Å². The second-order valence-electron chi connectivity index (χ2n) is 9.07. The lowest BCUT2D eigenvalue weighted by Gasteiger charge is -2.26. The van der Waals surface area contributed by atoms with Crippen LogP contribution in [-0.2, 0) is 13.1 Å². The van der Waals surface area contributed by atoms with Crippen molar-refractivity contribution < 1.29 is 4.74 Å². The summed E-state index contributed by atoms with van der Waals surface area (Å²) in [5.74, 6) is 1.21. The van der Waals surface area contributed by atoms with E-state index in [-0.39, 0.29) is 5.92 Å². The maximum absolute atomic E-state index is 6.81. The molecular weight excluding hydrogens is 491 g/mol. The number of hydrogen-bond acceptors (Lipinski definition) is 3. The normalized spacial score (nSPS) is 12.8. The molecule has 2 aromatic heterocycles. The third kappa shape index (κ3) is 3.89. The molecule has 0 aliphatic carbocycles. The molecule has 1 aliphatic rings. The van der Waals surface area contributed by atoms with Gasteiger partial charge in [-0.05, 0) is 36.6 Å². The van der Waals surface area contributed by atoms with E-state index < -0.39 is 0 Å². The zero-order valence-corrected chi connectivity index (χ0v) is 21.5. The van der Waals surface area contributed by atoms with E-state index in [1.165, 1.54) is 0 Å². The molecule has 1 aliphatic heterocycles. The van der Waals surface area contributed by atoms with E-state index in [2.05, 4.69) is 24.3 Å². The van der Waals surface area contributed by atoms with Crippen LogP contribution in [0.5, 0.6) is 11.8 Å². The first kappa shape index (κ1) is 22.9. The fourth-order valence-corrected chi connectivity index (χ4v) is 5.46. The van der Waals surface area contributed by atoms with Gasteiger partial charge in [0.2, 0.25) is 11.8 Å². The van der Waals surface area contributed by atoms with Gasteiger partial charge < -0.3 is 4.74 Å². The molecule has 0 amide bonds. The minimum absolute atomic E-state index is 0.205. The van der Waals surface area contributed by atoms with Crippen molar-refractivity contribution in [2.24, 2.45) is 0 Å². The molecular formula is C29H24Cl2N4O. The number of benzene rings is 3. The van der Waals surface area contributed by atoms with Crippen molar-refractivity contribution in [1.29, 1.82) is 0 Å². The molecule has 0 N–H and O–H groups in total. The molecule has 0 radical (unpaired) electrons. The van der Waals surface area contributed by atoms with Crippen LogP contribution in [0.1, 0.15) is 45.1 Å². The first-order valence-corrected chi connectivity index (χ1v) is 12.6. The highest BCUT2D eigenvalue weighted by atomic mass is 35.5. The predicted octanol–water partition coefficient (Wildman–Crippen LogP) is 7.39. The van der Waals surface area contributed by atoms with E-state index in [0.29, 0.717) is 34.9 Å². The number of nitrogens with zero attached hydrogens (tertiary/aromatic N) is 4. The summed E-state index contributed by atoms with van der Waals surface area (Å²) in [7, 11) is 0. The fraction of sp³-hybridized carbons (Fsp3) is 0.172. The SMILES string of the molecule is Cc1nn(Cc2ccccc2)c2c1C(c1cccc(Cl)c1Cl)c1c(C)nn(Cc3ccccc3)c1O2. The van der Waals surface area contributed by atoms with Crippen LogP contribution in [0.4, 0.5) is 0 Å². The Balaban J connectivity index is 1.55. The van der Waals surface area contributed by atoms with E-state index in [1.807, 2.05) is 77.8 Å². The summed E-state index contributed by atoms with van der Waals surface area (Å²) < 4.78 is 10.5. The van der Waals surface area contributed by atoms with Crippen molar-refractivity contribution in [1.82, 2.24) is 19.6 Å². The largest absolute Gasteiger partial charge is 0.421 e. The number of aryl methyl sites for hydroxylation is 2. The highest BCUT2D eigenvalue weighted by molar-refractivity contribution is 6.42. The molecule has 3 heterocycles. The van der Waals surface area contributed by atoms with Gasteiger partial charge >= 0.3 is 0 Å². The first-order valence-electron chi connectivity index (χ1n) is 11.9. The maximum Gasteiger partial charge on any atom is 0.224 e. The second-order valence-corrected chi connectivity index (χ2v) is 9.86. The van der Waals surface area contributed by atoms with Gasteiger partial charge in [-0.3, -0.25) is 0 Å². The number of halogens is 2. The Hall–Kier alpha value is -3.54. The molecule has 5 aromatic rings. The highest BCUT2D eigenvalue weighted by Crippen LogP contribution is 2.52. The molecule has 0 saturated heterocycles. The van der Waals surface area contributed by atoms with E-state index in [1.54, 1.807) is 0 Å². The molecule has 180 valence electrons. The number of rotatable bonds is 5. The van der Waals surface area contributed by atoms with Gasteiger partial charge in [0.25, 0.3) is 0 Å². The minimum Gasteiger partial charge on any atom is -0.421 e. The van der Waals surface area contributed by atoms with E-state index in [0.717, 1.165) is 39.2 Å². The van der Waals surface area contributed by atoms with Crippen LogP contribution in [0.2, 0.25) is 10.0 Å². The Morgan fingerprint density at radius 2 is 1.19 bits per heavy atom. The van der Waals surface area contributed by atoms with E-state index >= 15 is 0 Å². The van der Waals surface area contributed by atoms with Crippen LogP contribution >= 0.6 is 23.2 Å². The topological polar surface area (TPSA) is 44.9 Å². The second kappa shape index (κ2) is 9.16. The third-order valence-electron chi connectivity index (χ3n) is 6.66. The van der Waals surface area contributed by atoms with E-state index in [4.69, 9.17) is 38.1 Å². The average molecular weight is 515 g/mol. The lowest BCUT2D eigenvalue weighted by molar-refractivity contribution is 0.362. The Morgan fingerprint density at radius 3 is 1.69 bits per heavy atom. The molecule has 0 unspecified atom stereocenters. The van der Waals surface area contributed by atoms with Gasteiger partial charge in [0.15, 0.2) is 0 Å². The van der Waals surface area contributed by atoms with Crippen molar-refractivity contribution in [3.63, 3.8) is 0 Å². The molecule has 0 bridgehead atoms. The summed E-state index contributed by atoms with van der Waals surface area (Å²) in [5.41, 5.74) is 6.97. The van der Waals surface area contributed by atoms with E-state index in [9.17, 15) is 0 Å². The quantitative estimate of drug-likeness (QED) is 0.241. The monoisotopic (exact) mass is 514 g/mol. The summed E-state index contributed by atoms with van der Waals surface area (Å²) in [6, 6.07) is 26.3. The van der Waals surface area contributed by atoms with Gasteiger partial charge in [0.05, 0.1) is 34.5 Å². The summed E-state index contributed by atoms with van der Waals surface area (Å²) in [5, 5.41) is 10.9. The van der Waals surface area contributed by atoms with Crippen molar-refractivity contribution in [3.8, 4) is 11.8 Å². The van der Waals surface area contributed by atoms with Gasteiger partial charge in [-0.2, -0.15) is 10.2 Å². The molecule has 0 atom stereocenters. The summed E-state index contributed by atoms with van der Waals surface area (Å²) >= 11 is 13.3. The van der Waals surface area contributed by atoms with Crippen molar-refractivity contribution in [2.75, 3.05) is 0 Å². The molecule has 7 heteroatoms. The molecule has 0 spiro atoms. The van der Waals surface area contributed by atoms with Crippen LogP contribution in [-0.4, -0.2) is 19.6 Å². The maximum atomic E-state index is 6.81. The molecule has 0 fully saturated rings. The zero-order valence-electron chi connectivity index (χ0n) is 20.0. The van der Waals surface area contributed by atoms with Crippen LogP contribution in [0.15, 0.2) is 78.9 Å². The Labute approximate surface area is 219 Å². The van der Waals surface area contributed by atoms with Gasteiger partial charge in [-0.15, -0.1) is 0 Å². The van der Waals surface area contributed by atoms with Crippen molar-refractivity contribution in [3.05, 3.63) is 128 Å². The molecule has 36 heavy (non-hydrogen) atoms. The number of hydrogen-bond donors (Lipinski definition) is 0. The molecule has 0 saturated carbocycles. The summed E-state index contributed by atoms with van der Waals surface area (Å²) in [4.78, 5) is 0. The standard InChI is InChI=1S/C29H24Cl2N4O/c1-18-24-26(22-14-9-15-23(30)27(22)31)25-19(2)33-35(17-21-12-7-4-8-13-21)29(25)36-28(24)34(32-18)16-20-10-5-3-6-11-20/h3-15,26H,16-17H2,1-2H3. The Morgan fingerprint density at radius 1 is 0.694 bits per heavy atom. The summed E-state index contributed by atoms with van der Waals surface area (Å²) in [6.45, 7) is 5.22. The van der Waals surface area contributed by atoms with Crippen LogP contribution < -0.4 is 4.74 Å². The predicted molar refractivity (Wildman–Crippen MR) is 142 cm³/mol. The van der Waals surface area contributed by atoms with Gasteiger partial charge in [-0.25, -0.2) is 9.36 Å². The van der Waals surface area contributed by atoms with Crippen LogP contribution in [0.25, 0.3) is 0 Å². The fourth-order valence-electron chi connectivity index (χ4n) is 5.05.